The number of likely N-dealkylation sites (tertiary alicyclic amines) is 1. The Morgan fingerprint density at radius 2 is 1.80 bits per heavy atom. The first-order valence-electron chi connectivity index (χ1n) is 7.03. The third-order valence-corrected chi connectivity index (χ3v) is 6.84. The molecule has 20 heavy (non-hydrogen) atoms. The van der Waals surface area contributed by atoms with E-state index in [4.69, 9.17) is 0 Å². The van der Waals surface area contributed by atoms with Crippen LogP contribution in [0.4, 0.5) is 0 Å². The van der Waals surface area contributed by atoms with Crippen LogP contribution in [-0.2, 0) is 15.0 Å². The Labute approximate surface area is 119 Å². The van der Waals surface area contributed by atoms with E-state index < -0.39 is 21.6 Å². The van der Waals surface area contributed by atoms with E-state index in [0.29, 0.717) is 32.7 Å². The van der Waals surface area contributed by atoms with Gasteiger partial charge in [0.1, 0.15) is 0 Å². The second-order valence-electron chi connectivity index (χ2n) is 6.26. The normalized spacial score (nSPS) is 36.5. The molecule has 8 heteroatoms. The fraction of sp³-hybridized carbons (Fsp3) is 0.917. The Morgan fingerprint density at radius 1 is 1.15 bits per heavy atom. The van der Waals surface area contributed by atoms with E-state index >= 15 is 0 Å². The minimum absolute atomic E-state index is 0.107. The summed E-state index contributed by atoms with van der Waals surface area (Å²) < 4.78 is 28.0. The molecule has 0 unspecified atom stereocenters. The van der Waals surface area contributed by atoms with Gasteiger partial charge in [-0.05, 0) is 19.9 Å². The predicted octanol–water partition coefficient (Wildman–Crippen LogP) is -0.725. The van der Waals surface area contributed by atoms with Crippen LogP contribution < -0.4 is 0 Å². The SMILES string of the molecule is CN1C[C@H]2CN(S(=O)(=O)N3CCCC3)C[C@@]2(C(=O)O)C1. The second-order valence-corrected chi connectivity index (χ2v) is 8.19. The number of hydrogen-bond acceptors (Lipinski definition) is 4. The van der Waals surface area contributed by atoms with E-state index in [1.165, 1.54) is 8.61 Å². The maximum absolute atomic E-state index is 12.6. The molecule has 0 aromatic rings. The molecule has 3 saturated heterocycles. The van der Waals surface area contributed by atoms with Crippen molar-refractivity contribution < 1.29 is 18.3 Å². The van der Waals surface area contributed by atoms with Gasteiger partial charge in [-0.15, -0.1) is 0 Å². The zero-order valence-electron chi connectivity index (χ0n) is 11.7. The van der Waals surface area contributed by atoms with E-state index in [0.717, 1.165) is 12.8 Å². The summed E-state index contributed by atoms with van der Waals surface area (Å²) in [5.41, 5.74) is -0.929. The smallest absolute Gasteiger partial charge is 0.312 e. The number of carbonyl (C=O) groups is 1. The lowest BCUT2D eigenvalue weighted by Crippen LogP contribution is -2.45. The number of rotatable bonds is 3. The molecule has 1 N–H and O–H groups in total. The van der Waals surface area contributed by atoms with Crippen LogP contribution in [0.25, 0.3) is 0 Å². The topological polar surface area (TPSA) is 81.2 Å². The quantitative estimate of drug-likeness (QED) is 0.744. The molecule has 0 aromatic heterocycles. The molecule has 3 fully saturated rings. The summed E-state index contributed by atoms with van der Waals surface area (Å²) in [4.78, 5) is 13.7. The van der Waals surface area contributed by atoms with Crippen molar-refractivity contribution in [3.05, 3.63) is 0 Å². The predicted molar refractivity (Wildman–Crippen MR) is 72.4 cm³/mol. The van der Waals surface area contributed by atoms with Crippen LogP contribution >= 0.6 is 0 Å². The standard InChI is InChI=1S/C12H21N3O4S/c1-13-6-10-7-15(9-12(10,8-13)11(16)17)20(18,19)14-4-2-3-5-14/h10H,2-9H2,1H3,(H,16,17)/t10-,12-/m0/s1. The van der Waals surface area contributed by atoms with Crippen LogP contribution in [0, 0.1) is 11.3 Å². The molecule has 3 rings (SSSR count). The molecule has 0 amide bonds. The highest BCUT2D eigenvalue weighted by Crippen LogP contribution is 2.43. The highest BCUT2D eigenvalue weighted by atomic mass is 32.2. The molecule has 7 nitrogen and oxygen atoms in total. The molecule has 0 bridgehead atoms. The molecular formula is C12H21N3O4S. The maximum Gasteiger partial charge on any atom is 0.312 e. The monoisotopic (exact) mass is 303 g/mol. The molecule has 0 saturated carbocycles. The zero-order chi connectivity index (χ0) is 14.5. The van der Waals surface area contributed by atoms with Crippen molar-refractivity contribution in [2.75, 3.05) is 46.3 Å². The maximum atomic E-state index is 12.6. The summed E-state index contributed by atoms with van der Waals surface area (Å²) in [5, 5.41) is 9.58. The lowest BCUT2D eigenvalue weighted by molar-refractivity contribution is -0.148. The highest BCUT2D eigenvalue weighted by Gasteiger charge is 2.59. The number of hydrogen-bond donors (Lipinski definition) is 1. The van der Waals surface area contributed by atoms with Gasteiger partial charge in [-0.3, -0.25) is 4.79 Å². The molecule has 0 aliphatic carbocycles. The summed E-state index contributed by atoms with van der Waals surface area (Å²) in [6.07, 6.45) is 1.78. The van der Waals surface area contributed by atoms with E-state index in [1.807, 2.05) is 11.9 Å². The Morgan fingerprint density at radius 3 is 2.35 bits per heavy atom. The van der Waals surface area contributed by atoms with E-state index in [1.54, 1.807) is 0 Å². The van der Waals surface area contributed by atoms with Gasteiger partial charge in [-0.2, -0.15) is 17.0 Å². The van der Waals surface area contributed by atoms with Gasteiger partial charge >= 0.3 is 5.97 Å². The highest BCUT2D eigenvalue weighted by molar-refractivity contribution is 7.86. The van der Waals surface area contributed by atoms with Crippen molar-refractivity contribution in [3.8, 4) is 0 Å². The summed E-state index contributed by atoms with van der Waals surface area (Å²) in [7, 11) is -1.59. The Hall–Kier alpha value is -0.700. The van der Waals surface area contributed by atoms with Crippen LogP contribution in [-0.4, -0.2) is 79.3 Å². The van der Waals surface area contributed by atoms with Crippen molar-refractivity contribution in [2.24, 2.45) is 11.3 Å². The van der Waals surface area contributed by atoms with Crippen molar-refractivity contribution >= 4 is 16.2 Å². The van der Waals surface area contributed by atoms with Gasteiger partial charge in [-0.25, -0.2) is 0 Å². The average Bonchev–Trinajstić information content (AvgIpc) is 3.00. The molecule has 3 aliphatic heterocycles. The van der Waals surface area contributed by atoms with E-state index in [-0.39, 0.29) is 12.5 Å². The molecule has 0 radical (unpaired) electrons. The van der Waals surface area contributed by atoms with Crippen molar-refractivity contribution in [2.45, 2.75) is 12.8 Å². The average molecular weight is 303 g/mol. The van der Waals surface area contributed by atoms with Gasteiger partial charge in [0, 0.05) is 45.2 Å². The van der Waals surface area contributed by atoms with E-state index in [9.17, 15) is 18.3 Å². The van der Waals surface area contributed by atoms with Gasteiger partial charge in [0.05, 0.1) is 5.41 Å². The second kappa shape index (κ2) is 4.66. The summed E-state index contributed by atoms with van der Waals surface area (Å²) in [6, 6.07) is 0. The summed E-state index contributed by atoms with van der Waals surface area (Å²) in [5.74, 6) is -0.978. The van der Waals surface area contributed by atoms with Crippen LogP contribution in [0.15, 0.2) is 0 Å². The van der Waals surface area contributed by atoms with E-state index in [2.05, 4.69) is 0 Å². The number of fused-ring (bicyclic) bond motifs is 1. The van der Waals surface area contributed by atoms with Gasteiger partial charge in [0.15, 0.2) is 0 Å². The summed E-state index contributed by atoms with van der Waals surface area (Å²) in [6.45, 7) is 2.63. The molecule has 0 aromatic carbocycles. The Balaban J connectivity index is 1.84. The first-order chi connectivity index (χ1) is 9.36. The Bertz CT molecular complexity index is 517. The molecular weight excluding hydrogens is 282 g/mol. The zero-order valence-corrected chi connectivity index (χ0v) is 12.5. The third-order valence-electron chi connectivity index (χ3n) is 4.89. The van der Waals surface area contributed by atoms with Crippen LogP contribution in [0.2, 0.25) is 0 Å². The van der Waals surface area contributed by atoms with Gasteiger partial charge in [-0.1, -0.05) is 0 Å². The first kappa shape index (κ1) is 14.2. The lowest BCUT2D eigenvalue weighted by atomic mass is 9.81. The van der Waals surface area contributed by atoms with Crippen LogP contribution in [0.3, 0.4) is 0 Å². The molecule has 3 heterocycles. The molecule has 3 aliphatic rings. The largest absolute Gasteiger partial charge is 0.481 e. The molecule has 114 valence electrons. The minimum atomic E-state index is -3.48. The molecule has 2 atom stereocenters. The summed E-state index contributed by atoms with van der Waals surface area (Å²) >= 11 is 0. The van der Waals surface area contributed by atoms with Crippen LogP contribution in [0.1, 0.15) is 12.8 Å². The number of aliphatic carboxylic acids is 1. The third kappa shape index (κ3) is 1.97. The number of carboxylic acid groups (broad SMARTS) is 1. The van der Waals surface area contributed by atoms with Gasteiger partial charge < -0.3 is 10.0 Å². The number of nitrogens with zero attached hydrogens (tertiary/aromatic N) is 3. The minimum Gasteiger partial charge on any atom is -0.481 e. The molecule has 0 spiro atoms. The van der Waals surface area contributed by atoms with Gasteiger partial charge in [0.25, 0.3) is 10.2 Å². The lowest BCUT2D eigenvalue weighted by Gasteiger charge is -2.26. The van der Waals surface area contributed by atoms with Crippen molar-refractivity contribution in [3.63, 3.8) is 0 Å². The van der Waals surface area contributed by atoms with Crippen molar-refractivity contribution in [1.82, 2.24) is 13.5 Å². The number of carboxylic acids is 1. The van der Waals surface area contributed by atoms with Gasteiger partial charge in [0.2, 0.25) is 0 Å². The first-order valence-corrected chi connectivity index (χ1v) is 8.43. The fourth-order valence-electron chi connectivity index (χ4n) is 3.83. The van der Waals surface area contributed by atoms with Crippen LogP contribution in [0.5, 0.6) is 0 Å². The Kier molecular flexibility index (Phi) is 3.32. The van der Waals surface area contributed by atoms with Crippen molar-refractivity contribution in [1.29, 1.82) is 0 Å². The fourth-order valence-corrected chi connectivity index (χ4v) is 5.64.